The van der Waals surface area contributed by atoms with E-state index in [4.69, 9.17) is 10.5 Å². The first-order chi connectivity index (χ1) is 17.0. The van der Waals surface area contributed by atoms with Crippen molar-refractivity contribution in [1.29, 1.82) is 5.26 Å². The fraction of sp³-hybridized carbons (Fsp3) is 0.269. The number of nitrogens with two attached hydrogens (primary N) is 1. The SMILES string of the molecule is CC[NH+]1CC2=C(OC(N)=C(C#N)[C@H]2c2ccccc2C(F)(F)F)/C(=C/c2ccccc2C(F)(F)F)C1. The standard InChI is InChI=1S/C26H21F6N3O/c1-2-35-13-16(11-15-7-3-5-9-20(15)25(27,28)29)23-19(14-35)22(18(12-33)24(34)36-23)17-8-4-6-10-21(17)26(30,31)32/h3-11,22H,2,13-14,34H2,1H3/p+1/b16-11+/t22-/m1/s1. The number of nitrogens with zero attached hydrogens (tertiary/aromatic N) is 1. The lowest BCUT2D eigenvalue weighted by Gasteiger charge is -2.36. The molecule has 2 aromatic rings. The van der Waals surface area contributed by atoms with Gasteiger partial charge in [0.15, 0.2) is 0 Å². The van der Waals surface area contributed by atoms with Crippen LogP contribution in [0.15, 0.2) is 76.9 Å². The number of ether oxygens (including phenoxy) is 1. The van der Waals surface area contributed by atoms with Crippen molar-refractivity contribution in [2.45, 2.75) is 25.2 Å². The number of hydrogen-bond donors (Lipinski definition) is 2. The summed E-state index contributed by atoms with van der Waals surface area (Å²) in [5.41, 5.74) is 4.55. The fourth-order valence-corrected chi connectivity index (χ4v) is 4.72. The average molecular weight is 506 g/mol. The Kier molecular flexibility index (Phi) is 6.62. The van der Waals surface area contributed by atoms with Crippen molar-refractivity contribution in [3.05, 3.63) is 99.1 Å². The lowest BCUT2D eigenvalue weighted by atomic mass is 9.78. The summed E-state index contributed by atoms with van der Waals surface area (Å²) in [6.07, 6.45) is -7.96. The van der Waals surface area contributed by atoms with E-state index in [0.717, 1.165) is 17.0 Å². The van der Waals surface area contributed by atoms with Gasteiger partial charge in [0, 0.05) is 11.1 Å². The summed E-state index contributed by atoms with van der Waals surface area (Å²) < 4.78 is 88.4. The van der Waals surface area contributed by atoms with E-state index in [9.17, 15) is 31.6 Å². The molecule has 2 aromatic carbocycles. The third-order valence-corrected chi connectivity index (χ3v) is 6.37. The van der Waals surface area contributed by atoms with Gasteiger partial charge in [0.25, 0.3) is 0 Å². The van der Waals surface area contributed by atoms with Gasteiger partial charge in [0.2, 0.25) is 5.88 Å². The second-order valence-corrected chi connectivity index (χ2v) is 8.58. The van der Waals surface area contributed by atoms with Gasteiger partial charge in [-0.25, -0.2) is 0 Å². The predicted octanol–water partition coefficient (Wildman–Crippen LogP) is 4.79. The third kappa shape index (κ3) is 4.71. The van der Waals surface area contributed by atoms with Crippen LogP contribution in [0.1, 0.15) is 35.1 Å². The molecular formula is C26H22F6N3O+. The van der Waals surface area contributed by atoms with E-state index in [2.05, 4.69) is 0 Å². The first-order valence-electron chi connectivity index (χ1n) is 11.1. The number of alkyl halides is 6. The van der Waals surface area contributed by atoms with Gasteiger partial charge in [-0.1, -0.05) is 36.4 Å². The number of rotatable bonds is 3. The van der Waals surface area contributed by atoms with Crippen LogP contribution in [0.4, 0.5) is 26.3 Å². The van der Waals surface area contributed by atoms with Crippen LogP contribution in [0, 0.1) is 11.3 Å². The summed E-state index contributed by atoms with van der Waals surface area (Å²) in [5, 5.41) is 9.81. The Hall–Kier alpha value is -3.71. The Morgan fingerprint density at radius 2 is 1.61 bits per heavy atom. The zero-order valence-corrected chi connectivity index (χ0v) is 19.1. The summed E-state index contributed by atoms with van der Waals surface area (Å²) in [6, 6.07) is 11.8. The smallest absolute Gasteiger partial charge is 0.416 e. The third-order valence-electron chi connectivity index (χ3n) is 6.37. The van der Waals surface area contributed by atoms with E-state index in [1.54, 1.807) is 0 Å². The summed E-state index contributed by atoms with van der Waals surface area (Å²) in [4.78, 5) is 0.889. The van der Waals surface area contributed by atoms with Gasteiger partial charge in [0.05, 0.1) is 23.6 Å². The minimum Gasteiger partial charge on any atom is -0.440 e. The molecule has 0 fully saturated rings. The zero-order chi connectivity index (χ0) is 26.3. The molecule has 0 aromatic heterocycles. The Morgan fingerprint density at radius 3 is 2.22 bits per heavy atom. The highest BCUT2D eigenvalue weighted by Crippen LogP contribution is 2.46. The van der Waals surface area contributed by atoms with Crippen LogP contribution >= 0.6 is 0 Å². The topological polar surface area (TPSA) is 63.5 Å². The summed E-state index contributed by atoms with van der Waals surface area (Å²) in [7, 11) is 0. The van der Waals surface area contributed by atoms with Gasteiger partial charge in [-0.3, -0.25) is 0 Å². The van der Waals surface area contributed by atoms with Crippen molar-refractivity contribution in [2.24, 2.45) is 5.73 Å². The molecule has 188 valence electrons. The molecule has 10 heteroatoms. The molecule has 0 saturated heterocycles. The summed E-state index contributed by atoms with van der Waals surface area (Å²) in [6.45, 7) is 2.91. The van der Waals surface area contributed by atoms with Crippen LogP contribution in [-0.2, 0) is 17.1 Å². The van der Waals surface area contributed by atoms with Crippen molar-refractivity contribution in [3.8, 4) is 6.07 Å². The fourth-order valence-electron chi connectivity index (χ4n) is 4.72. The number of hydrogen-bond acceptors (Lipinski definition) is 3. The first-order valence-corrected chi connectivity index (χ1v) is 11.1. The molecule has 0 bridgehead atoms. The molecule has 0 aliphatic carbocycles. The molecule has 2 heterocycles. The maximum atomic E-state index is 13.9. The van der Waals surface area contributed by atoms with Crippen molar-refractivity contribution >= 4 is 6.08 Å². The highest BCUT2D eigenvalue weighted by Gasteiger charge is 2.43. The highest BCUT2D eigenvalue weighted by molar-refractivity contribution is 5.64. The number of likely N-dealkylation sites (N-methyl/N-ethyl adjacent to an activating group) is 1. The Morgan fingerprint density at radius 1 is 1.00 bits per heavy atom. The van der Waals surface area contributed by atoms with Crippen molar-refractivity contribution < 1.29 is 36.0 Å². The first kappa shape index (κ1) is 25.4. The van der Waals surface area contributed by atoms with Crippen molar-refractivity contribution in [2.75, 3.05) is 19.6 Å². The maximum Gasteiger partial charge on any atom is 0.416 e. The lowest BCUT2D eigenvalue weighted by molar-refractivity contribution is -0.890. The molecule has 4 rings (SSSR count). The summed E-state index contributed by atoms with van der Waals surface area (Å²) >= 11 is 0. The molecule has 1 unspecified atom stereocenters. The van der Waals surface area contributed by atoms with E-state index in [-0.39, 0.29) is 41.4 Å². The number of benzene rings is 2. The van der Waals surface area contributed by atoms with Gasteiger partial charge in [-0.05, 0) is 36.3 Å². The number of allylic oxidation sites excluding steroid dienone is 1. The van der Waals surface area contributed by atoms with Crippen molar-refractivity contribution in [1.82, 2.24) is 0 Å². The van der Waals surface area contributed by atoms with E-state index in [1.807, 2.05) is 13.0 Å². The minimum atomic E-state index is -4.69. The van der Waals surface area contributed by atoms with Crippen LogP contribution in [-0.4, -0.2) is 19.6 Å². The molecule has 0 amide bonds. The van der Waals surface area contributed by atoms with Gasteiger partial charge in [-0.2, -0.15) is 31.6 Å². The molecule has 4 nitrogen and oxygen atoms in total. The molecule has 2 aliphatic heterocycles. The van der Waals surface area contributed by atoms with E-state index in [1.165, 1.54) is 42.5 Å². The van der Waals surface area contributed by atoms with Crippen LogP contribution < -0.4 is 10.6 Å². The highest BCUT2D eigenvalue weighted by atomic mass is 19.4. The number of nitrogens with one attached hydrogen (secondary N) is 1. The summed E-state index contributed by atoms with van der Waals surface area (Å²) in [5.74, 6) is -1.41. The predicted molar refractivity (Wildman–Crippen MR) is 120 cm³/mol. The van der Waals surface area contributed by atoms with Gasteiger partial charge >= 0.3 is 12.4 Å². The monoisotopic (exact) mass is 506 g/mol. The molecule has 3 N–H and O–H groups in total. The van der Waals surface area contributed by atoms with E-state index in [0.29, 0.717) is 17.7 Å². The van der Waals surface area contributed by atoms with Crippen LogP contribution in [0.2, 0.25) is 0 Å². The van der Waals surface area contributed by atoms with Crippen LogP contribution in [0.3, 0.4) is 0 Å². The Labute approximate surface area is 203 Å². The van der Waals surface area contributed by atoms with Crippen molar-refractivity contribution in [3.63, 3.8) is 0 Å². The number of nitriles is 1. The molecule has 0 radical (unpaired) electrons. The molecule has 2 atom stereocenters. The average Bonchev–Trinajstić information content (AvgIpc) is 2.82. The normalized spacial score (nSPS) is 21.8. The van der Waals surface area contributed by atoms with Crippen LogP contribution in [0.25, 0.3) is 6.08 Å². The molecule has 0 saturated carbocycles. The minimum absolute atomic E-state index is 0.103. The second kappa shape index (κ2) is 9.39. The van der Waals surface area contributed by atoms with Crippen LogP contribution in [0.5, 0.6) is 0 Å². The molecule has 36 heavy (non-hydrogen) atoms. The number of quaternary nitrogens is 1. The Balaban J connectivity index is 1.96. The van der Waals surface area contributed by atoms with E-state index < -0.39 is 29.4 Å². The van der Waals surface area contributed by atoms with Gasteiger partial charge in [-0.15, -0.1) is 0 Å². The lowest BCUT2D eigenvalue weighted by Crippen LogP contribution is -3.12. The van der Waals surface area contributed by atoms with E-state index >= 15 is 0 Å². The quantitative estimate of drug-likeness (QED) is 0.589. The second-order valence-electron chi connectivity index (χ2n) is 8.58. The number of halogens is 6. The molecule has 2 aliphatic rings. The zero-order valence-electron chi connectivity index (χ0n) is 19.1. The largest absolute Gasteiger partial charge is 0.440 e. The molecule has 0 spiro atoms. The van der Waals surface area contributed by atoms with Gasteiger partial charge < -0.3 is 15.4 Å². The Bertz CT molecular complexity index is 1310. The van der Waals surface area contributed by atoms with Gasteiger partial charge in [0.1, 0.15) is 30.5 Å². The molecular weight excluding hydrogens is 484 g/mol. The maximum absolute atomic E-state index is 13.9.